The Hall–Kier alpha value is -2.93. The summed E-state index contributed by atoms with van der Waals surface area (Å²) in [5.74, 6) is -0.393. The molecule has 0 unspecified atom stereocenters. The Bertz CT molecular complexity index is 1110. The van der Waals surface area contributed by atoms with Crippen molar-refractivity contribution in [2.45, 2.75) is 44.9 Å². The van der Waals surface area contributed by atoms with Gasteiger partial charge in [-0.1, -0.05) is 6.92 Å². The highest BCUT2D eigenvalue weighted by Crippen LogP contribution is 2.39. The lowest BCUT2D eigenvalue weighted by molar-refractivity contribution is -0.172. The van der Waals surface area contributed by atoms with E-state index in [4.69, 9.17) is 9.72 Å². The Labute approximate surface area is 154 Å². The molecule has 7 heteroatoms. The van der Waals surface area contributed by atoms with Gasteiger partial charge in [-0.15, -0.1) is 0 Å². The SMILES string of the molecule is CC[C@@]1(O)C(=O)OCc2c1cc1n(c2=O)Cc2cc3c(nc2-1)CCC(O)=C3. The van der Waals surface area contributed by atoms with E-state index in [1.807, 2.05) is 6.07 Å². The first-order chi connectivity index (χ1) is 12.9. The minimum atomic E-state index is -1.81. The zero-order chi connectivity index (χ0) is 18.9. The average Bonchev–Trinajstić information content (AvgIpc) is 3.01. The van der Waals surface area contributed by atoms with Gasteiger partial charge in [-0.2, -0.15) is 0 Å². The third kappa shape index (κ3) is 2.09. The summed E-state index contributed by atoms with van der Waals surface area (Å²) in [6, 6.07) is 3.66. The summed E-state index contributed by atoms with van der Waals surface area (Å²) in [4.78, 5) is 29.9. The number of fused-ring (bicyclic) bond motifs is 5. The van der Waals surface area contributed by atoms with Crippen LogP contribution in [0.2, 0.25) is 0 Å². The fourth-order valence-electron chi connectivity index (χ4n) is 4.20. The molecule has 2 N–H and O–H groups in total. The molecule has 5 rings (SSSR count). The van der Waals surface area contributed by atoms with Gasteiger partial charge < -0.3 is 19.5 Å². The fraction of sp³-hybridized carbons (Fsp3) is 0.350. The number of aliphatic hydroxyl groups is 2. The van der Waals surface area contributed by atoms with Gasteiger partial charge in [-0.3, -0.25) is 9.78 Å². The quantitative estimate of drug-likeness (QED) is 0.637. The summed E-state index contributed by atoms with van der Waals surface area (Å²) >= 11 is 0. The summed E-state index contributed by atoms with van der Waals surface area (Å²) in [6.45, 7) is 1.92. The third-order valence-electron chi connectivity index (χ3n) is 5.77. The molecular weight excluding hydrogens is 348 g/mol. The molecule has 7 nitrogen and oxygen atoms in total. The minimum Gasteiger partial charge on any atom is -0.512 e. The second-order valence-electron chi connectivity index (χ2n) is 7.27. The maximum absolute atomic E-state index is 13.0. The van der Waals surface area contributed by atoms with E-state index >= 15 is 0 Å². The standard InChI is InChI=1S/C20H18N2O5/c1-2-20(26)14-7-16-17-11(5-10-6-12(23)3-4-15(10)21-17)8-22(16)18(24)13(14)9-27-19(20)25/h5-7,23,26H,2-4,8-9H2,1H3/t20-/m0/s1. The molecule has 0 radical (unpaired) electrons. The predicted molar refractivity (Wildman–Crippen MR) is 95.9 cm³/mol. The van der Waals surface area contributed by atoms with Gasteiger partial charge >= 0.3 is 5.97 Å². The highest BCUT2D eigenvalue weighted by molar-refractivity contribution is 5.84. The molecule has 2 aromatic heterocycles. The van der Waals surface area contributed by atoms with Crippen LogP contribution in [0.5, 0.6) is 0 Å². The monoisotopic (exact) mass is 366 g/mol. The van der Waals surface area contributed by atoms with Crippen molar-refractivity contribution in [1.29, 1.82) is 0 Å². The molecule has 138 valence electrons. The van der Waals surface area contributed by atoms with Crippen molar-refractivity contribution in [2.75, 3.05) is 0 Å². The van der Waals surface area contributed by atoms with E-state index in [-0.39, 0.29) is 18.6 Å². The number of rotatable bonds is 1. The molecule has 27 heavy (non-hydrogen) atoms. The summed E-state index contributed by atoms with van der Waals surface area (Å²) < 4.78 is 6.68. The number of aromatic nitrogens is 2. The molecule has 0 spiro atoms. The third-order valence-corrected chi connectivity index (χ3v) is 5.77. The highest BCUT2D eigenvalue weighted by Gasteiger charge is 2.45. The van der Waals surface area contributed by atoms with Crippen LogP contribution in [0.15, 0.2) is 22.7 Å². The van der Waals surface area contributed by atoms with Gasteiger partial charge in [0.1, 0.15) is 6.61 Å². The maximum atomic E-state index is 13.0. The molecule has 4 heterocycles. The van der Waals surface area contributed by atoms with Crippen molar-refractivity contribution in [3.8, 4) is 11.4 Å². The van der Waals surface area contributed by atoms with E-state index < -0.39 is 11.6 Å². The van der Waals surface area contributed by atoms with Gasteiger partial charge in [-0.05, 0) is 36.6 Å². The number of allylic oxidation sites excluding steroid dienone is 1. The van der Waals surface area contributed by atoms with Gasteiger partial charge in [0.25, 0.3) is 5.56 Å². The van der Waals surface area contributed by atoms with Crippen LogP contribution >= 0.6 is 0 Å². The number of hydrogen-bond donors (Lipinski definition) is 2. The summed E-state index contributed by atoms with van der Waals surface area (Å²) in [6.07, 6.45) is 3.00. The van der Waals surface area contributed by atoms with E-state index in [2.05, 4.69) is 0 Å². The molecular formula is C20H18N2O5. The number of carbonyl (C=O) groups excluding carboxylic acids is 1. The van der Waals surface area contributed by atoms with E-state index in [0.717, 1.165) is 16.8 Å². The van der Waals surface area contributed by atoms with Crippen LogP contribution in [0.1, 0.15) is 47.7 Å². The molecule has 0 amide bonds. The second-order valence-corrected chi connectivity index (χ2v) is 7.27. The van der Waals surface area contributed by atoms with E-state index in [1.165, 1.54) is 0 Å². The van der Waals surface area contributed by atoms with Crippen LogP contribution in [0, 0.1) is 0 Å². The molecule has 0 saturated carbocycles. The van der Waals surface area contributed by atoms with E-state index in [0.29, 0.717) is 47.7 Å². The largest absolute Gasteiger partial charge is 0.512 e. The Morgan fingerprint density at radius 1 is 1.30 bits per heavy atom. The molecule has 0 bridgehead atoms. The van der Waals surface area contributed by atoms with Crippen LogP contribution in [0.25, 0.3) is 17.5 Å². The van der Waals surface area contributed by atoms with Crippen molar-refractivity contribution in [3.05, 3.63) is 56.2 Å². The summed E-state index contributed by atoms with van der Waals surface area (Å²) in [5.41, 5.74) is 2.48. The lowest BCUT2D eigenvalue weighted by atomic mass is 9.86. The Morgan fingerprint density at radius 2 is 2.11 bits per heavy atom. The van der Waals surface area contributed by atoms with Crippen molar-refractivity contribution >= 4 is 12.0 Å². The second kappa shape index (κ2) is 5.29. The van der Waals surface area contributed by atoms with Crippen LogP contribution in [-0.2, 0) is 34.7 Å². The van der Waals surface area contributed by atoms with Gasteiger partial charge in [-0.25, -0.2) is 4.79 Å². The zero-order valence-electron chi connectivity index (χ0n) is 14.8. The lowest BCUT2D eigenvalue weighted by Crippen LogP contribution is -2.44. The number of aliphatic hydroxyl groups excluding tert-OH is 1. The molecule has 0 saturated heterocycles. The number of esters is 1. The van der Waals surface area contributed by atoms with Crippen LogP contribution in [0.4, 0.5) is 0 Å². The molecule has 1 aliphatic carbocycles. The van der Waals surface area contributed by atoms with Crippen LogP contribution in [-0.4, -0.2) is 25.7 Å². The molecule has 0 fully saturated rings. The molecule has 0 aromatic carbocycles. The normalized spacial score (nSPS) is 22.3. The molecule has 3 aliphatic rings. The number of pyridine rings is 2. The molecule has 1 atom stereocenters. The van der Waals surface area contributed by atoms with Crippen molar-refractivity contribution < 1.29 is 19.7 Å². The van der Waals surface area contributed by atoms with Crippen molar-refractivity contribution in [3.63, 3.8) is 0 Å². The van der Waals surface area contributed by atoms with Crippen molar-refractivity contribution in [1.82, 2.24) is 9.55 Å². The lowest BCUT2D eigenvalue weighted by Gasteiger charge is -2.31. The van der Waals surface area contributed by atoms with Crippen LogP contribution < -0.4 is 5.56 Å². The van der Waals surface area contributed by atoms with E-state index in [9.17, 15) is 19.8 Å². The highest BCUT2D eigenvalue weighted by atomic mass is 16.6. The number of cyclic esters (lactones) is 1. The number of ether oxygens (including phenoxy) is 1. The Morgan fingerprint density at radius 3 is 2.89 bits per heavy atom. The number of nitrogens with zero attached hydrogens (tertiary/aromatic N) is 2. The molecule has 2 aromatic rings. The number of aryl methyl sites for hydroxylation is 1. The average molecular weight is 366 g/mol. The minimum absolute atomic E-state index is 0.121. The first-order valence-electron chi connectivity index (χ1n) is 9.02. The van der Waals surface area contributed by atoms with Crippen LogP contribution in [0.3, 0.4) is 0 Å². The topological polar surface area (TPSA) is 102 Å². The summed E-state index contributed by atoms with van der Waals surface area (Å²) in [7, 11) is 0. The van der Waals surface area contributed by atoms with Gasteiger partial charge in [0.15, 0.2) is 5.60 Å². The first-order valence-corrected chi connectivity index (χ1v) is 9.02. The first kappa shape index (κ1) is 16.3. The smallest absolute Gasteiger partial charge is 0.343 e. The Kier molecular flexibility index (Phi) is 3.19. The molecule has 2 aliphatic heterocycles. The van der Waals surface area contributed by atoms with Gasteiger partial charge in [0.2, 0.25) is 0 Å². The van der Waals surface area contributed by atoms with Gasteiger partial charge in [0, 0.05) is 23.2 Å². The fourth-order valence-corrected chi connectivity index (χ4v) is 4.20. The number of carbonyl (C=O) groups is 1. The predicted octanol–water partition coefficient (Wildman–Crippen LogP) is 1.77. The zero-order valence-corrected chi connectivity index (χ0v) is 14.8. The van der Waals surface area contributed by atoms with Crippen molar-refractivity contribution in [2.24, 2.45) is 0 Å². The van der Waals surface area contributed by atoms with E-state index in [1.54, 1.807) is 23.6 Å². The summed E-state index contributed by atoms with van der Waals surface area (Å²) in [5, 5.41) is 20.6. The van der Waals surface area contributed by atoms with Gasteiger partial charge in [0.05, 0.1) is 29.3 Å². The Balaban J connectivity index is 1.75. The maximum Gasteiger partial charge on any atom is 0.343 e. The number of hydrogen-bond acceptors (Lipinski definition) is 6.